The molecule has 114 valence electrons. The molecule has 5 nitrogen and oxygen atoms in total. The maximum atomic E-state index is 12.0. The van der Waals surface area contributed by atoms with Gasteiger partial charge >= 0.3 is 6.18 Å². The van der Waals surface area contributed by atoms with Crippen molar-refractivity contribution < 1.29 is 17.9 Å². The van der Waals surface area contributed by atoms with Crippen LogP contribution >= 0.6 is 0 Å². The maximum absolute atomic E-state index is 12.0. The first-order valence-electron chi connectivity index (χ1n) is 6.21. The van der Waals surface area contributed by atoms with E-state index in [9.17, 15) is 13.2 Å². The van der Waals surface area contributed by atoms with E-state index in [0.717, 1.165) is 0 Å². The second kappa shape index (κ2) is 6.76. The molecule has 0 saturated carbocycles. The monoisotopic (exact) mass is 308 g/mol. The van der Waals surface area contributed by atoms with E-state index in [1.807, 2.05) is 6.07 Å². The molecule has 0 aliphatic carbocycles. The van der Waals surface area contributed by atoms with Gasteiger partial charge in [0.1, 0.15) is 11.9 Å². The summed E-state index contributed by atoms with van der Waals surface area (Å²) >= 11 is 0. The van der Waals surface area contributed by atoms with Crippen molar-refractivity contribution in [3.05, 3.63) is 47.8 Å². The van der Waals surface area contributed by atoms with Gasteiger partial charge in [-0.05, 0) is 17.7 Å². The molecule has 2 heterocycles. The number of hydrogen-bond donors (Lipinski definition) is 1. The largest absolute Gasteiger partial charge is 0.468 e. The second-order valence-corrected chi connectivity index (χ2v) is 4.27. The van der Waals surface area contributed by atoms with E-state index in [2.05, 4.69) is 20.0 Å². The summed E-state index contributed by atoms with van der Waals surface area (Å²) < 4.78 is 40.5. The van der Waals surface area contributed by atoms with Gasteiger partial charge in [0.15, 0.2) is 6.61 Å². The Morgan fingerprint density at radius 2 is 2.05 bits per heavy atom. The molecule has 22 heavy (non-hydrogen) atoms. The number of alkyl halides is 3. The highest BCUT2D eigenvalue weighted by Crippen LogP contribution is 2.17. The summed E-state index contributed by atoms with van der Waals surface area (Å²) in [5, 5.41) is 11.9. The summed E-state index contributed by atoms with van der Waals surface area (Å²) in [6.07, 6.45) is -1.45. The van der Waals surface area contributed by atoms with Crippen molar-refractivity contribution in [1.82, 2.24) is 9.97 Å². The van der Waals surface area contributed by atoms with Crippen LogP contribution < -0.4 is 10.1 Å². The second-order valence-electron chi connectivity index (χ2n) is 4.27. The van der Waals surface area contributed by atoms with Crippen molar-refractivity contribution in [2.75, 3.05) is 11.9 Å². The highest BCUT2D eigenvalue weighted by atomic mass is 19.4. The van der Waals surface area contributed by atoms with E-state index in [1.165, 1.54) is 12.3 Å². The first-order valence-corrected chi connectivity index (χ1v) is 6.21. The minimum absolute atomic E-state index is 0.100. The summed E-state index contributed by atoms with van der Waals surface area (Å²) in [6.45, 7) is -1.05. The zero-order valence-electron chi connectivity index (χ0n) is 11.3. The molecular formula is C14H11F3N4O. The van der Waals surface area contributed by atoms with Gasteiger partial charge in [0.25, 0.3) is 0 Å². The number of nitrogens with zero attached hydrogens (tertiary/aromatic N) is 3. The summed E-state index contributed by atoms with van der Waals surface area (Å²) in [5.41, 5.74) is 1.12. The fourth-order valence-electron chi connectivity index (χ4n) is 1.58. The molecule has 1 N–H and O–H groups in total. The molecule has 8 heteroatoms. The molecule has 0 spiro atoms. The smallest absolute Gasteiger partial charge is 0.422 e. The van der Waals surface area contributed by atoms with Crippen LogP contribution in [-0.2, 0) is 6.54 Å². The Labute approximate surface area is 124 Å². The van der Waals surface area contributed by atoms with Crippen LogP contribution in [0, 0.1) is 11.3 Å². The number of nitrogens with one attached hydrogen (secondary N) is 1. The highest BCUT2D eigenvalue weighted by molar-refractivity contribution is 5.51. The number of nitriles is 1. The third-order valence-corrected chi connectivity index (χ3v) is 2.57. The Morgan fingerprint density at radius 1 is 1.23 bits per heavy atom. The van der Waals surface area contributed by atoms with Crippen molar-refractivity contribution in [2.24, 2.45) is 0 Å². The van der Waals surface area contributed by atoms with Gasteiger partial charge in [-0.1, -0.05) is 6.07 Å². The van der Waals surface area contributed by atoms with E-state index in [1.54, 1.807) is 24.4 Å². The van der Waals surface area contributed by atoms with Crippen LogP contribution in [0.25, 0.3) is 0 Å². The Bertz CT molecular complexity index is 665. The molecule has 0 aliphatic rings. The van der Waals surface area contributed by atoms with E-state index in [0.29, 0.717) is 23.5 Å². The fraction of sp³-hybridized carbons (Fsp3) is 0.214. The van der Waals surface area contributed by atoms with Crippen LogP contribution in [0.1, 0.15) is 11.1 Å². The number of hydrogen-bond acceptors (Lipinski definition) is 5. The van der Waals surface area contributed by atoms with Crippen LogP contribution in [0.2, 0.25) is 0 Å². The Kier molecular flexibility index (Phi) is 4.78. The molecule has 0 aliphatic heterocycles. The van der Waals surface area contributed by atoms with Gasteiger partial charge in [-0.25, -0.2) is 9.97 Å². The van der Waals surface area contributed by atoms with E-state index >= 15 is 0 Å². The molecular weight excluding hydrogens is 297 g/mol. The molecule has 0 bridgehead atoms. The summed E-state index contributed by atoms with van der Waals surface area (Å²) in [7, 11) is 0. The fourth-order valence-corrected chi connectivity index (χ4v) is 1.58. The van der Waals surface area contributed by atoms with Crippen LogP contribution in [0.4, 0.5) is 19.0 Å². The lowest BCUT2D eigenvalue weighted by molar-refractivity contribution is -0.154. The zero-order valence-corrected chi connectivity index (χ0v) is 11.3. The molecule has 0 aromatic carbocycles. The Balaban J connectivity index is 1.93. The number of halogens is 3. The Morgan fingerprint density at radius 3 is 2.68 bits per heavy atom. The molecule has 0 amide bonds. The van der Waals surface area contributed by atoms with Gasteiger partial charge in [-0.15, -0.1) is 0 Å². The van der Waals surface area contributed by atoms with Gasteiger partial charge in [0.2, 0.25) is 5.88 Å². The summed E-state index contributed by atoms with van der Waals surface area (Å²) in [5.74, 6) is 0.332. The van der Waals surface area contributed by atoms with Gasteiger partial charge in [-0.3, -0.25) is 0 Å². The molecule has 0 unspecified atom stereocenters. The van der Waals surface area contributed by atoms with E-state index < -0.39 is 12.8 Å². The molecule has 0 fully saturated rings. The van der Waals surface area contributed by atoms with Gasteiger partial charge < -0.3 is 10.1 Å². The molecule has 0 radical (unpaired) electrons. The first kappa shape index (κ1) is 15.6. The number of rotatable bonds is 5. The third-order valence-electron chi connectivity index (χ3n) is 2.57. The normalized spacial score (nSPS) is 10.8. The molecule has 2 aromatic heterocycles. The van der Waals surface area contributed by atoms with Gasteiger partial charge in [-0.2, -0.15) is 18.4 Å². The van der Waals surface area contributed by atoms with Crippen LogP contribution in [0.15, 0.2) is 36.7 Å². The third kappa shape index (κ3) is 4.63. The topological polar surface area (TPSA) is 70.8 Å². The Hall–Kier alpha value is -2.82. The standard InChI is InChI=1S/C14H11F3N4O/c15-14(16,17)9-22-12-4-3-10(7-20-12)8-21-13-11(6-18)2-1-5-19-13/h1-5,7H,8-9H2,(H,19,21). The lowest BCUT2D eigenvalue weighted by Crippen LogP contribution is -2.19. The minimum Gasteiger partial charge on any atom is -0.468 e. The lowest BCUT2D eigenvalue weighted by Gasteiger charge is -2.09. The molecule has 2 rings (SSSR count). The average Bonchev–Trinajstić information content (AvgIpc) is 2.51. The average molecular weight is 308 g/mol. The van der Waals surface area contributed by atoms with Crippen molar-refractivity contribution in [2.45, 2.75) is 12.7 Å². The maximum Gasteiger partial charge on any atom is 0.422 e. The summed E-state index contributed by atoms with van der Waals surface area (Å²) in [4.78, 5) is 7.82. The quantitative estimate of drug-likeness (QED) is 0.919. The van der Waals surface area contributed by atoms with Crippen LogP contribution in [0.3, 0.4) is 0 Å². The first-order chi connectivity index (χ1) is 10.5. The van der Waals surface area contributed by atoms with Crippen LogP contribution in [-0.4, -0.2) is 22.8 Å². The molecule has 0 atom stereocenters. The van der Waals surface area contributed by atoms with Crippen molar-refractivity contribution >= 4 is 5.82 Å². The summed E-state index contributed by atoms with van der Waals surface area (Å²) in [6, 6.07) is 8.22. The van der Waals surface area contributed by atoms with Gasteiger partial charge in [0, 0.05) is 25.0 Å². The molecule has 0 saturated heterocycles. The van der Waals surface area contributed by atoms with Crippen molar-refractivity contribution in [1.29, 1.82) is 5.26 Å². The van der Waals surface area contributed by atoms with Crippen molar-refractivity contribution in [3.8, 4) is 11.9 Å². The molecule has 2 aromatic rings. The predicted octanol–water partition coefficient (Wildman–Crippen LogP) is 2.90. The lowest BCUT2D eigenvalue weighted by atomic mass is 10.2. The van der Waals surface area contributed by atoms with Gasteiger partial charge in [0.05, 0.1) is 5.56 Å². The minimum atomic E-state index is -4.39. The number of anilines is 1. The van der Waals surface area contributed by atoms with Crippen LogP contribution in [0.5, 0.6) is 5.88 Å². The highest BCUT2D eigenvalue weighted by Gasteiger charge is 2.28. The number of ether oxygens (including phenoxy) is 1. The van der Waals surface area contributed by atoms with E-state index in [4.69, 9.17) is 5.26 Å². The number of aromatic nitrogens is 2. The number of pyridine rings is 2. The predicted molar refractivity (Wildman–Crippen MR) is 72.1 cm³/mol. The van der Waals surface area contributed by atoms with E-state index in [-0.39, 0.29) is 5.88 Å². The SMILES string of the molecule is N#Cc1cccnc1NCc1ccc(OCC(F)(F)F)nc1. The zero-order chi connectivity index (χ0) is 16.0. The van der Waals surface area contributed by atoms with Crippen molar-refractivity contribution in [3.63, 3.8) is 0 Å².